The van der Waals surface area contributed by atoms with Crippen LogP contribution < -0.4 is 11.1 Å². The van der Waals surface area contributed by atoms with Gasteiger partial charge in [-0.15, -0.1) is 0 Å². The summed E-state index contributed by atoms with van der Waals surface area (Å²) in [5, 5.41) is 2.97. The molecule has 0 radical (unpaired) electrons. The van der Waals surface area contributed by atoms with E-state index in [2.05, 4.69) is 26.1 Å². The van der Waals surface area contributed by atoms with Gasteiger partial charge in [0.1, 0.15) is 0 Å². The molecule has 0 saturated carbocycles. The van der Waals surface area contributed by atoms with E-state index in [1.165, 1.54) is 5.56 Å². The summed E-state index contributed by atoms with van der Waals surface area (Å²) in [7, 11) is 0. The molecule has 0 aliphatic rings. The second kappa shape index (κ2) is 7.17. The van der Waals surface area contributed by atoms with Crippen molar-refractivity contribution in [2.75, 3.05) is 6.54 Å². The van der Waals surface area contributed by atoms with Crippen molar-refractivity contribution >= 4 is 5.91 Å². The number of hydrogen-bond donors (Lipinski definition) is 2. The van der Waals surface area contributed by atoms with Crippen LogP contribution in [-0.2, 0) is 0 Å². The van der Waals surface area contributed by atoms with E-state index in [0.29, 0.717) is 18.0 Å². The lowest BCUT2D eigenvalue weighted by Gasteiger charge is -2.16. The number of benzene rings is 1. The maximum atomic E-state index is 12.0. The van der Waals surface area contributed by atoms with Crippen LogP contribution in [0, 0.1) is 0 Å². The number of nitrogens with two attached hydrogens (primary N) is 1. The zero-order chi connectivity index (χ0) is 13.5. The Kier molecular flexibility index (Phi) is 5.86. The molecular formula is C15H24N2O. The largest absolute Gasteiger partial charge is 0.348 e. The summed E-state index contributed by atoms with van der Waals surface area (Å²) < 4.78 is 0. The van der Waals surface area contributed by atoms with Crippen molar-refractivity contribution in [1.29, 1.82) is 0 Å². The lowest BCUT2D eigenvalue weighted by Crippen LogP contribution is -2.40. The third kappa shape index (κ3) is 4.15. The number of carbonyl (C=O) groups excluding carboxylic acids is 1. The summed E-state index contributed by atoms with van der Waals surface area (Å²) >= 11 is 0. The number of rotatable bonds is 6. The summed E-state index contributed by atoms with van der Waals surface area (Å²) in [6, 6.07) is 7.86. The molecule has 1 aromatic carbocycles. The van der Waals surface area contributed by atoms with Gasteiger partial charge in [-0.05, 0) is 30.0 Å². The van der Waals surface area contributed by atoms with Crippen LogP contribution in [0.5, 0.6) is 0 Å². The molecule has 18 heavy (non-hydrogen) atoms. The van der Waals surface area contributed by atoms with E-state index in [1.54, 1.807) is 0 Å². The Morgan fingerprint density at radius 2 is 1.89 bits per heavy atom. The van der Waals surface area contributed by atoms with Crippen LogP contribution in [0.1, 0.15) is 55.5 Å². The molecule has 0 aliphatic carbocycles. The molecule has 0 heterocycles. The molecular weight excluding hydrogens is 224 g/mol. The normalized spacial score (nSPS) is 12.5. The van der Waals surface area contributed by atoms with Gasteiger partial charge in [-0.3, -0.25) is 4.79 Å². The molecule has 0 bridgehead atoms. The molecule has 1 atom stereocenters. The Morgan fingerprint density at radius 3 is 2.33 bits per heavy atom. The molecule has 1 aromatic rings. The first-order valence-corrected chi connectivity index (χ1v) is 6.69. The first-order valence-electron chi connectivity index (χ1n) is 6.69. The molecule has 0 saturated heterocycles. The van der Waals surface area contributed by atoms with E-state index < -0.39 is 0 Å². The summed E-state index contributed by atoms with van der Waals surface area (Å²) in [5.41, 5.74) is 7.58. The van der Waals surface area contributed by atoms with Gasteiger partial charge < -0.3 is 11.1 Å². The number of hydrogen-bond acceptors (Lipinski definition) is 2. The van der Waals surface area contributed by atoms with Crippen molar-refractivity contribution in [2.45, 2.75) is 45.6 Å². The van der Waals surface area contributed by atoms with E-state index in [-0.39, 0.29) is 11.9 Å². The van der Waals surface area contributed by atoms with Gasteiger partial charge >= 0.3 is 0 Å². The zero-order valence-electron chi connectivity index (χ0n) is 11.6. The fourth-order valence-corrected chi connectivity index (χ4v) is 1.89. The Morgan fingerprint density at radius 1 is 1.28 bits per heavy atom. The van der Waals surface area contributed by atoms with Crippen LogP contribution in [0.15, 0.2) is 24.3 Å². The molecule has 0 aliphatic heterocycles. The lowest BCUT2D eigenvalue weighted by molar-refractivity contribution is 0.0936. The molecule has 1 rings (SSSR count). The van der Waals surface area contributed by atoms with Crippen molar-refractivity contribution in [1.82, 2.24) is 5.32 Å². The Balaban J connectivity index is 2.66. The van der Waals surface area contributed by atoms with E-state index in [4.69, 9.17) is 5.73 Å². The van der Waals surface area contributed by atoms with Crippen LogP contribution in [0.25, 0.3) is 0 Å². The second-order valence-corrected chi connectivity index (χ2v) is 4.97. The van der Waals surface area contributed by atoms with E-state index in [9.17, 15) is 4.79 Å². The van der Waals surface area contributed by atoms with E-state index in [0.717, 1.165) is 12.8 Å². The minimum atomic E-state index is -0.0331. The molecule has 3 nitrogen and oxygen atoms in total. The maximum absolute atomic E-state index is 12.0. The van der Waals surface area contributed by atoms with Crippen molar-refractivity contribution in [3.05, 3.63) is 35.4 Å². The summed E-state index contributed by atoms with van der Waals surface area (Å²) in [6.45, 7) is 6.86. The first-order chi connectivity index (χ1) is 8.58. The van der Waals surface area contributed by atoms with Crippen molar-refractivity contribution in [3.8, 4) is 0 Å². The Hall–Kier alpha value is -1.35. The molecule has 3 N–H and O–H groups in total. The SMILES string of the molecule is CCCC(CN)NC(=O)c1ccc(C(C)C)cc1. The van der Waals surface area contributed by atoms with Crippen LogP contribution in [0.4, 0.5) is 0 Å². The van der Waals surface area contributed by atoms with Gasteiger partial charge in [0.2, 0.25) is 0 Å². The van der Waals surface area contributed by atoms with Crippen LogP contribution in [0.3, 0.4) is 0 Å². The molecule has 0 spiro atoms. The van der Waals surface area contributed by atoms with Gasteiger partial charge in [-0.25, -0.2) is 0 Å². The van der Waals surface area contributed by atoms with Gasteiger partial charge in [0.15, 0.2) is 0 Å². The van der Waals surface area contributed by atoms with Crippen molar-refractivity contribution in [3.63, 3.8) is 0 Å². The molecule has 1 amide bonds. The minimum Gasteiger partial charge on any atom is -0.348 e. The zero-order valence-corrected chi connectivity index (χ0v) is 11.6. The highest BCUT2D eigenvalue weighted by atomic mass is 16.1. The van der Waals surface area contributed by atoms with Gasteiger partial charge in [-0.1, -0.05) is 39.3 Å². The predicted octanol–water partition coefficient (Wildman–Crippen LogP) is 2.67. The highest BCUT2D eigenvalue weighted by molar-refractivity contribution is 5.94. The number of carbonyl (C=O) groups is 1. The fraction of sp³-hybridized carbons (Fsp3) is 0.533. The highest BCUT2D eigenvalue weighted by Crippen LogP contribution is 2.14. The highest BCUT2D eigenvalue weighted by Gasteiger charge is 2.11. The predicted molar refractivity (Wildman–Crippen MR) is 75.7 cm³/mol. The molecule has 0 fully saturated rings. The van der Waals surface area contributed by atoms with Gasteiger partial charge in [0.05, 0.1) is 0 Å². The first kappa shape index (κ1) is 14.7. The van der Waals surface area contributed by atoms with Crippen molar-refractivity contribution in [2.24, 2.45) is 5.73 Å². The van der Waals surface area contributed by atoms with Gasteiger partial charge in [0, 0.05) is 18.2 Å². The van der Waals surface area contributed by atoms with Gasteiger partial charge in [0.25, 0.3) is 5.91 Å². The topological polar surface area (TPSA) is 55.1 Å². The summed E-state index contributed by atoms with van der Waals surface area (Å²) in [6.07, 6.45) is 1.95. The molecule has 100 valence electrons. The van der Waals surface area contributed by atoms with Crippen LogP contribution >= 0.6 is 0 Å². The number of amides is 1. The monoisotopic (exact) mass is 248 g/mol. The standard InChI is InChI=1S/C15H24N2O/c1-4-5-14(10-16)17-15(18)13-8-6-12(7-9-13)11(2)3/h6-9,11,14H,4-5,10,16H2,1-3H3,(H,17,18). The van der Waals surface area contributed by atoms with E-state index >= 15 is 0 Å². The van der Waals surface area contributed by atoms with Crippen molar-refractivity contribution < 1.29 is 4.79 Å². The van der Waals surface area contributed by atoms with Crippen LogP contribution in [0.2, 0.25) is 0 Å². The third-order valence-corrected chi connectivity index (χ3v) is 3.10. The summed E-state index contributed by atoms with van der Waals surface area (Å²) in [4.78, 5) is 12.0. The lowest BCUT2D eigenvalue weighted by atomic mass is 10.0. The quantitative estimate of drug-likeness (QED) is 0.813. The molecule has 3 heteroatoms. The molecule has 1 unspecified atom stereocenters. The molecule has 0 aromatic heterocycles. The van der Waals surface area contributed by atoms with Crippen LogP contribution in [-0.4, -0.2) is 18.5 Å². The Labute approximate surface area is 110 Å². The van der Waals surface area contributed by atoms with E-state index in [1.807, 2.05) is 24.3 Å². The average molecular weight is 248 g/mol. The second-order valence-electron chi connectivity index (χ2n) is 4.97. The average Bonchev–Trinajstić information content (AvgIpc) is 2.38. The minimum absolute atomic E-state index is 0.0331. The smallest absolute Gasteiger partial charge is 0.251 e. The number of nitrogens with one attached hydrogen (secondary N) is 1. The Bertz CT molecular complexity index is 371. The van der Waals surface area contributed by atoms with Gasteiger partial charge in [-0.2, -0.15) is 0 Å². The fourth-order valence-electron chi connectivity index (χ4n) is 1.89. The maximum Gasteiger partial charge on any atom is 0.251 e. The summed E-state index contributed by atoms with van der Waals surface area (Å²) in [5.74, 6) is 0.452. The third-order valence-electron chi connectivity index (χ3n) is 3.10.